The van der Waals surface area contributed by atoms with Gasteiger partial charge in [0.15, 0.2) is 0 Å². The van der Waals surface area contributed by atoms with Gasteiger partial charge in [0.1, 0.15) is 11.4 Å². The summed E-state index contributed by atoms with van der Waals surface area (Å²) in [4.78, 5) is 11.2. The second-order valence-corrected chi connectivity index (χ2v) is 3.38. The van der Waals surface area contributed by atoms with Crippen LogP contribution in [0.5, 0.6) is 0 Å². The standard InChI is InChI=1S/C10H8BrFO2/c1-3-6-4-5-7(11)8(9(6)12)10(13)14-2/h3-5H,1H2,2H3. The summed E-state index contributed by atoms with van der Waals surface area (Å²) in [6, 6.07) is 3.10. The van der Waals surface area contributed by atoms with E-state index < -0.39 is 11.8 Å². The molecule has 0 aromatic heterocycles. The van der Waals surface area contributed by atoms with Crippen LogP contribution in [0, 0.1) is 5.82 Å². The number of hydrogen-bond acceptors (Lipinski definition) is 2. The van der Waals surface area contributed by atoms with E-state index in [1.165, 1.54) is 19.3 Å². The highest BCUT2D eigenvalue weighted by molar-refractivity contribution is 9.10. The van der Waals surface area contributed by atoms with Crippen molar-refractivity contribution in [2.45, 2.75) is 0 Å². The maximum atomic E-state index is 13.6. The van der Waals surface area contributed by atoms with Crippen LogP contribution in [0.1, 0.15) is 15.9 Å². The zero-order valence-corrected chi connectivity index (χ0v) is 9.10. The van der Waals surface area contributed by atoms with Gasteiger partial charge in [-0.3, -0.25) is 0 Å². The molecule has 0 atom stereocenters. The molecule has 0 N–H and O–H groups in total. The van der Waals surface area contributed by atoms with E-state index in [9.17, 15) is 9.18 Å². The summed E-state index contributed by atoms with van der Waals surface area (Å²) in [7, 11) is 1.20. The van der Waals surface area contributed by atoms with Crippen LogP contribution in [0.2, 0.25) is 0 Å². The Morgan fingerprint density at radius 2 is 2.29 bits per heavy atom. The molecule has 0 saturated heterocycles. The Labute approximate surface area is 89.5 Å². The van der Waals surface area contributed by atoms with Crippen molar-refractivity contribution in [1.82, 2.24) is 0 Å². The van der Waals surface area contributed by atoms with E-state index in [0.29, 0.717) is 4.47 Å². The molecule has 74 valence electrons. The molecule has 0 aliphatic carbocycles. The van der Waals surface area contributed by atoms with Crippen molar-refractivity contribution in [3.05, 3.63) is 40.1 Å². The number of halogens is 2. The molecule has 0 unspecified atom stereocenters. The van der Waals surface area contributed by atoms with Crippen LogP contribution in [0.15, 0.2) is 23.2 Å². The SMILES string of the molecule is C=Cc1ccc(Br)c(C(=O)OC)c1F. The average Bonchev–Trinajstić information content (AvgIpc) is 2.18. The number of carbonyl (C=O) groups excluding carboxylic acids is 1. The number of methoxy groups -OCH3 is 1. The molecule has 0 bridgehead atoms. The molecule has 0 saturated carbocycles. The van der Waals surface area contributed by atoms with Crippen molar-refractivity contribution in [3.63, 3.8) is 0 Å². The Kier molecular flexibility index (Phi) is 3.41. The maximum absolute atomic E-state index is 13.6. The van der Waals surface area contributed by atoms with Crippen molar-refractivity contribution < 1.29 is 13.9 Å². The molecular weight excluding hydrogens is 251 g/mol. The number of ether oxygens (including phenoxy) is 1. The topological polar surface area (TPSA) is 26.3 Å². The van der Waals surface area contributed by atoms with Crippen LogP contribution in [0.25, 0.3) is 6.08 Å². The van der Waals surface area contributed by atoms with Gasteiger partial charge >= 0.3 is 5.97 Å². The molecule has 4 heteroatoms. The molecule has 0 aliphatic rings. The fraction of sp³-hybridized carbons (Fsp3) is 0.100. The Balaban J connectivity index is 3.39. The highest BCUT2D eigenvalue weighted by Crippen LogP contribution is 2.24. The molecule has 0 radical (unpaired) electrons. The van der Waals surface area contributed by atoms with Gasteiger partial charge in [-0.1, -0.05) is 18.7 Å². The monoisotopic (exact) mass is 258 g/mol. The second kappa shape index (κ2) is 4.37. The number of benzene rings is 1. The van der Waals surface area contributed by atoms with Gasteiger partial charge in [0, 0.05) is 10.0 Å². The number of rotatable bonds is 2. The quantitative estimate of drug-likeness (QED) is 0.763. The zero-order chi connectivity index (χ0) is 10.7. The Bertz CT molecular complexity index is 388. The molecule has 0 heterocycles. The maximum Gasteiger partial charge on any atom is 0.342 e. The molecule has 0 fully saturated rings. The van der Waals surface area contributed by atoms with Gasteiger partial charge in [0.05, 0.1) is 7.11 Å². The van der Waals surface area contributed by atoms with Crippen molar-refractivity contribution in [2.24, 2.45) is 0 Å². The van der Waals surface area contributed by atoms with Crippen LogP contribution in [0.4, 0.5) is 4.39 Å². The fourth-order valence-corrected chi connectivity index (χ4v) is 1.48. The van der Waals surface area contributed by atoms with Crippen LogP contribution >= 0.6 is 15.9 Å². The molecule has 1 aromatic carbocycles. The van der Waals surface area contributed by atoms with Gasteiger partial charge in [-0.05, 0) is 22.0 Å². The Morgan fingerprint density at radius 1 is 1.64 bits per heavy atom. The lowest BCUT2D eigenvalue weighted by molar-refractivity contribution is 0.0594. The number of carbonyl (C=O) groups is 1. The first-order valence-corrected chi connectivity index (χ1v) is 4.60. The fourth-order valence-electron chi connectivity index (χ4n) is 1.02. The van der Waals surface area contributed by atoms with Crippen molar-refractivity contribution in [2.75, 3.05) is 7.11 Å². The number of hydrogen-bond donors (Lipinski definition) is 0. The van der Waals surface area contributed by atoms with E-state index in [0.717, 1.165) is 0 Å². The Morgan fingerprint density at radius 3 is 2.79 bits per heavy atom. The summed E-state index contributed by atoms with van der Waals surface area (Å²) < 4.78 is 18.4. The van der Waals surface area contributed by atoms with Gasteiger partial charge in [0.25, 0.3) is 0 Å². The lowest BCUT2D eigenvalue weighted by Crippen LogP contribution is -2.06. The summed E-state index contributed by atoms with van der Waals surface area (Å²) in [5, 5.41) is 0. The van der Waals surface area contributed by atoms with E-state index in [2.05, 4.69) is 27.2 Å². The molecule has 0 aliphatic heterocycles. The summed E-state index contributed by atoms with van der Waals surface area (Å²) in [6.07, 6.45) is 1.34. The predicted octanol–water partition coefficient (Wildman–Crippen LogP) is 3.02. The smallest absolute Gasteiger partial charge is 0.342 e. The van der Waals surface area contributed by atoms with E-state index in [4.69, 9.17) is 0 Å². The van der Waals surface area contributed by atoms with Crippen LogP contribution in [-0.4, -0.2) is 13.1 Å². The van der Waals surface area contributed by atoms with Crippen LogP contribution in [-0.2, 0) is 4.74 Å². The first kappa shape index (κ1) is 10.9. The van der Waals surface area contributed by atoms with E-state index in [-0.39, 0.29) is 11.1 Å². The van der Waals surface area contributed by atoms with Crippen molar-refractivity contribution >= 4 is 28.0 Å². The van der Waals surface area contributed by atoms with E-state index in [1.54, 1.807) is 6.07 Å². The summed E-state index contributed by atoms with van der Waals surface area (Å²) in [6.45, 7) is 3.44. The molecule has 14 heavy (non-hydrogen) atoms. The van der Waals surface area contributed by atoms with Gasteiger partial charge in [-0.2, -0.15) is 0 Å². The molecular formula is C10H8BrFO2. The summed E-state index contributed by atoms with van der Waals surface area (Å²) in [5.74, 6) is -1.33. The minimum Gasteiger partial charge on any atom is -0.465 e. The van der Waals surface area contributed by atoms with Gasteiger partial charge in [-0.15, -0.1) is 0 Å². The van der Waals surface area contributed by atoms with Gasteiger partial charge < -0.3 is 4.74 Å². The van der Waals surface area contributed by atoms with Gasteiger partial charge in [-0.25, -0.2) is 9.18 Å². The first-order chi connectivity index (χ1) is 6.61. The van der Waals surface area contributed by atoms with Crippen LogP contribution < -0.4 is 0 Å². The Hall–Kier alpha value is -1.16. The molecule has 2 nitrogen and oxygen atoms in total. The first-order valence-electron chi connectivity index (χ1n) is 3.80. The van der Waals surface area contributed by atoms with E-state index >= 15 is 0 Å². The van der Waals surface area contributed by atoms with Gasteiger partial charge in [0.2, 0.25) is 0 Å². The molecule has 0 amide bonds. The minimum absolute atomic E-state index is 0.107. The summed E-state index contributed by atoms with van der Waals surface area (Å²) in [5.41, 5.74) is 0.165. The minimum atomic E-state index is -0.710. The second-order valence-electron chi connectivity index (χ2n) is 2.52. The van der Waals surface area contributed by atoms with E-state index in [1.807, 2.05) is 0 Å². The third kappa shape index (κ3) is 1.85. The van der Waals surface area contributed by atoms with Crippen LogP contribution in [0.3, 0.4) is 0 Å². The predicted molar refractivity (Wildman–Crippen MR) is 55.5 cm³/mol. The van der Waals surface area contributed by atoms with Crippen molar-refractivity contribution in [1.29, 1.82) is 0 Å². The normalized spacial score (nSPS) is 9.64. The average molecular weight is 259 g/mol. The third-order valence-corrected chi connectivity index (χ3v) is 2.39. The highest BCUT2D eigenvalue weighted by Gasteiger charge is 2.18. The molecule has 1 rings (SSSR count). The van der Waals surface area contributed by atoms with Crippen molar-refractivity contribution in [3.8, 4) is 0 Å². The lowest BCUT2D eigenvalue weighted by atomic mass is 10.1. The zero-order valence-electron chi connectivity index (χ0n) is 7.51. The largest absolute Gasteiger partial charge is 0.465 e. The number of esters is 1. The summed E-state index contributed by atoms with van der Waals surface area (Å²) >= 11 is 3.08. The molecule has 1 aromatic rings. The third-order valence-electron chi connectivity index (χ3n) is 1.73. The lowest BCUT2D eigenvalue weighted by Gasteiger charge is -2.05. The highest BCUT2D eigenvalue weighted by atomic mass is 79.9. The molecule has 0 spiro atoms.